The number of aryl methyl sites for hydroxylation is 1. The van der Waals surface area contributed by atoms with Gasteiger partial charge in [0.1, 0.15) is 17.7 Å². The average molecular weight is 559 g/mol. The van der Waals surface area contributed by atoms with Crippen molar-refractivity contribution in [1.82, 2.24) is 29.8 Å². The molecule has 10 nitrogen and oxygen atoms in total. The summed E-state index contributed by atoms with van der Waals surface area (Å²) in [5, 5.41) is 8.20. The highest BCUT2D eigenvalue weighted by Gasteiger charge is 2.26. The molecule has 0 aliphatic carbocycles. The van der Waals surface area contributed by atoms with Crippen LogP contribution in [0.5, 0.6) is 5.75 Å². The second-order valence-electron chi connectivity index (χ2n) is 10.1. The summed E-state index contributed by atoms with van der Waals surface area (Å²) in [6, 6.07) is 8.85. The van der Waals surface area contributed by atoms with E-state index >= 15 is 4.39 Å². The molecule has 0 bridgehead atoms. The number of halogens is 1. The van der Waals surface area contributed by atoms with Gasteiger partial charge in [0.2, 0.25) is 5.91 Å². The van der Waals surface area contributed by atoms with Gasteiger partial charge in [0.25, 0.3) is 5.91 Å². The monoisotopic (exact) mass is 558 g/mol. The fraction of sp³-hybridized carbons (Fsp3) is 0.300. The topological polar surface area (TPSA) is 113 Å². The number of rotatable bonds is 9. The van der Waals surface area contributed by atoms with E-state index in [0.717, 1.165) is 11.8 Å². The maximum Gasteiger partial charge on any atom is 0.269 e. The molecule has 3 heterocycles. The summed E-state index contributed by atoms with van der Waals surface area (Å²) in [5.74, 6) is -0.324. The van der Waals surface area contributed by atoms with Gasteiger partial charge in [0, 0.05) is 62.7 Å². The van der Waals surface area contributed by atoms with Crippen molar-refractivity contribution in [1.29, 1.82) is 0 Å². The van der Waals surface area contributed by atoms with Crippen LogP contribution in [0.4, 0.5) is 4.39 Å². The molecule has 2 aromatic heterocycles. The molecule has 0 saturated heterocycles. The average Bonchev–Trinajstić information content (AvgIpc) is 3.67. The number of fused-ring (bicyclic) bond motifs is 1. The minimum Gasteiger partial charge on any atom is -0.496 e. The largest absolute Gasteiger partial charge is 0.496 e. The van der Waals surface area contributed by atoms with Crippen LogP contribution in [0.3, 0.4) is 0 Å². The lowest BCUT2D eigenvalue weighted by molar-refractivity contribution is -0.131. The maximum absolute atomic E-state index is 16.2. The number of carbonyl (C=O) groups excluding carboxylic acids is 3. The molecule has 1 aliphatic heterocycles. The van der Waals surface area contributed by atoms with Crippen LogP contribution in [0, 0.1) is 5.82 Å². The Bertz CT molecular complexity index is 1640. The van der Waals surface area contributed by atoms with Gasteiger partial charge < -0.3 is 24.3 Å². The third kappa shape index (κ3) is 5.60. The number of ether oxygens (including phenoxy) is 1. The molecule has 5 rings (SSSR count). The van der Waals surface area contributed by atoms with Gasteiger partial charge in [0.15, 0.2) is 5.82 Å². The first-order valence-corrected chi connectivity index (χ1v) is 13.3. The number of aromatic amines is 1. The summed E-state index contributed by atoms with van der Waals surface area (Å²) in [4.78, 5) is 43.1. The third-order valence-electron chi connectivity index (χ3n) is 7.24. The minimum atomic E-state index is -0.499. The van der Waals surface area contributed by atoms with Gasteiger partial charge in [-0.1, -0.05) is 23.4 Å². The quantitative estimate of drug-likeness (QED) is 0.313. The van der Waals surface area contributed by atoms with Gasteiger partial charge in [-0.15, -0.1) is 5.10 Å². The first-order valence-electron chi connectivity index (χ1n) is 13.3. The van der Waals surface area contributed by atoms with E-state index in [1.165, 1.54) is 12.0 Å². The fourth-order valence-electron chi connectivity index (χ4n) is 5.13. The molecule has 0 spiro atoms. The van der Waals surface area contributed by atoms with Crippen molar-refractivity contribution in [3.05, 3.63) is 71.4 Å². The highest BCUT2D eigenvalue weighted by Crippen LogP contribution is 2.40. The van der Waals surface area contributed by atoms with Gasteiger partial charge in [0.05, 0.1) is 25.4 Å². The van der Waals surface area contributed by atoms with E-state index in [2.05, 4.69) is 15.3 Å². The molecule has 212 valence electrons. The Morgan fingerprint density at radius 3 is 2.71 bits per heavy atom. The van der Waals surface area contributed by atoms with Gasteiger partial charge in [-0.05, 0) is 41.3 Å². The van der Waals surface area contributed by atoms with Crippen molar-refractivity contribution in [3.63, 3.8) is 0 Å². The molecule has 2 aromatic carbocycles. The van der Waals surface area contributed by atoms with Crippen LogP contribution in [-0.4, -0.2) is 82.2 Å². The number of benzene rings is 2. The van der Waals surface area contributed by atoms with Crippen molar-refractivity contribution in [2.75, 3.05) is 34.3 Å². The van der Waals surface area contributed by atoms with E-state index in [9.17, 15) is 14.4 Å². The molecule has 0 radical (unpaired) electrons. The molecule has 1 aliphatic rings. The molecular weight excluding hydrogens is 527 g/mol. The summed E-state index contributed by atoms with van der Waals surface area (Å²) < 4.78 is 23.5. The number of H-pyrrole nitrogens is 1. The van der Waals surface area contributed by atoms with Crippen LogP contribution in [-0.2, 0) is 22.6 Å². The lowest BCUT2D eigenvalue weighted by Crippen LogP contribution is -2.36. The fourth-order valence-corrected chi connectivity index (χ4v) is 5.13. The molecule has 1 N–H and O–H groups in total. The normalized spacial score (nSPS) is 13.3. The van der Waals surface area contributed by atoms with Crippen molar-refractivity contribution in [2.24, 2.45) is 0 Å². The van der Waals surface area contributed by atoms with Crippen LogP contribution in [0.2, 0.25) is 0 Å². The zero-order chi connectivity index (χ0) is 29.1. The second-order valence-corrected chi connectivity index (χ2v) is 10.1. The van der Waals surface area contributed by atoms with Crippen LogP contribution >= 0.6 is 0 Å². The number of hydrogen-bond acceptors (Lipinski definition) is 6. The molecule has 41 heavy (non-hydrogen) atoms. The first-order chi connectivity index (χ1) is 19.8. The molecule has 0 unspecified atom stereocenters. The highest BCUT2D eigenvalue weighted by atomic mass is 19.1. The summed E-state index contributed by atoms with van der Waals surface area (Å²) in [7, 11) is 4.80. The molecule has 4 aromatic rings. The van der Waals surface area contributed by atoms with E-state index in [-0.39, 0.29) is 42.4 Å². The van der Waals surface area contributed by atoms with E-state index < -0.39 is 5.82 Å². The van der Waals surface area contributed by atoms with E-state index in [1.807, 2.05) is 18.2 Å². The molecule has 0 saturated carbocycles. The smallest absolute Gasteiger partial charge is 0.269 e. The Morgan fingerprint density at radius 2 is 2.00 bits per heavy atom. The number of nitrogens with one attached hydrogen (secondary N) is 1. The zero-order valence-corrected chi connectivity index (χ0v) is 23.2. The number of carbonyl (C=O) groups is 3. The second kappa shape index (κ2) is 11.7. The molecule has 0 fully saturated rings. The van der Waals surface area contributed by atoms with Crippen molar-refractivity contribution in [3.8, 4) is 16.9 Å². The lowest BCUT2D eigenvalue weighted by atomic mass is 9.92. The zero-order valence-electron chi connectivity index (χ0n) is 23.2. The minimum absolute atomic E-state index is 0.0565. The molecule has 0 atom stereocenters. The standard InChI is InChI=1S/C30H31FN6O4/c1-35(2)30(40)25-17-24-23(21-7-6-19(9-14-38)15-26(21)41-3)16-22(28(31)29(24)33-25)20-5-4-11-36(18-20)27(39)8-12-37-13-10-32-34-37/h5-7,10,13-17,33H,4,8-9,11-12,18H2,1-3H3. The summed E-state index contributed by atoms with van der Waals surface area (Å²) in [6.07, 6.45) is 7.10. The summed E-state index contributed by atoms with van der Waals surface area (Å²) in [6.45, 7) is 1.19. The van der Waals surface area contributed by atoms with Crippen molar-refractivity contribution in [2.45, 2.75) is 25.8 Å². The molecule has 11 heteroatoms. The lowest BCUT2D eigenvalue weighted by Gasteiger charge is -2.28. The van der Waals surface area contributed by atoms with Crippen molar-refractivity contribution < 1.29 is 23.5 Å². The number of hydrogen-bond donors (Lipinski definition) is 1. The predicted molar refractivity (Wildman–Crippen MR) is 152 cm³/mol. The van der Waals surface area contributed by atoms with E-state index in [0.29, 0.717) is 52.9 Å². The van der Waals surface area contributed by atoms with Crippen LogP contribution in [0.1, 0.15) is 34.5 Å². The highest BCUT2D eigenvalue weighted by molar-refractivity contribution is 6.05. The van der Waals surface area contributed by atoms with E-state index in [1.54, 1.807) is 54.3 Å². The molecular formula is C30H31FN6O4. The Hall–Kier alpha value is -4.80. The van der Waals surface area contributed by atoms with E-state index in [4.69, 9.17) is 4.74 Å². The Labute approximate surface area is 236 Å². The number of aromatic nitrogens is 4. The number of aldehydes is 1. The number of amides is 2. The Morgan fingerprint density at radius 1 is 1.17 bits per heavy atom. The first kappa shape index (κ1) is 27.8. The van der Waals surface area contributed by atoms with Gasteiger partial charge >= 0.3 is 0 Å². The number of methoxy groups -OCH3 is 1. The maximum atomic E-state index is 16.2. The van der Waals surface area contributed by atoms with Gasteiger partial charge in [-0.25, -0.2) is 4.39 Å². The van der Waals surface area contributed by atoms with Gasteiger partial charge in [-0.2, -0.15) is 0 Å². The third-order valence-corrected chi connectivity index (χ3v) is 7.24. The Balaban J connectivity index is 1.57. The Kier molecular flexibility index (Phi) is 7.95. The van der Waals surface area contributed by atoms with Crippen LogP contribution in [0.15, 0.2) is 48.8 Å². The number of nitrogens with zero attached hydrogens (tertiary/aromatic N) is 5. The van der Waals surface area contributed by atoms with Gasteiger partial charge in [-0.3, -0.25) is 14.3 Å². The summed E-state index contributed by atoms with van der Waals surface area (Å²) >= 11 is 0. The molecule has 2 amide bonds. The van der Waals surface area contributed by atoms with Crippen LogP contribution in [0.25, 0.3) is 27.6 Å². The summed E-state index contributed by atoms with van der Waals surface area (Å²) in [5.41, 5.74) is 3.60. The predicted octanol–water partition coefficient (Wildman–Crippen LogP) is 3.72. The SMILES string of the molecule is COc1cc(CC=O)ccc1-c1cc(C2=CCCN(C(=O)CCn3ccnn3)C2)c(F)c2[nH]c(C(=O)N(C)C)cc12. The van der Waals surface area contributed by atoms with Crippen molar-refractivity contribution >= 4 is 34.6 Å². The van der Waals surface area contributed by atoms with Crippen LogP contribution < -0.4 is 4.74 Å².